The molecule has 0 unspecified atom stereocenters. The van der Waals surface area contributed by atoms with Crippen molar-refractivity contribution in [3.8, 4) is 0 Å². The second-order valence-electron chi connectivity index (χ2n) is 2.94. The molecule has 4 heteroatoms. The molecular weight excluding hydrogens is 168 g/mol. The first-order valence-corrected chi connectivity index (χ1v) is 4.77. The van der Waals surface area contributed by atoms with Crippen molar-refractivity contribution in [1.29, 1.82) is 0 Å². The summed E-state index contributed by atoms with van der Waals surface area (Å²) in [5.41, 5.74) is 5.24. The lowest BCUT2D eigenvalue weighted by molar-refractivity contribution is -0.121. The molecular formula is C9H20N2O2. The summed E-state index contributed by atoms with van der Waals surface area (Å²) in [6.45, 7) is 1.87. The van der Waals surface area contributed by atoms with Gasteiger partial charge in [-0.1, -0.05) is 6.42 Å². The molecule has 0 aliphatic carbocycles. The number of nitrogens with one attached hydrogen (secondary N) is 1. The highest BCUT2D eigenvalue weighted by Crippen LogP contribution is 1.99. The summed E-state index contributed by atoms with van der Waals surface area (Å²) >= 11 is 0. The smallest absolute Gasteiger partial charge is 0.220 e. The molecule has 0 aliphatic rings. The number of methoxy groups -OCH3 is 1. The van der Waals surface area contributed by atoms with Crippen molar-refractivity contribution >= 4 is 5.91 Å². The average Bonchev–Trinajstić information content (AvgIpc) is 2.14. The van der Waals surface area contributed by atoms with Gasteiger partial charge < -0.3 is 15.8 Å². The SMILES string of the molecule is COCCCCCC(=O)NCCN. The van der Waals surface area contributed by atoms with E-state index in [1.807, 2.05) is 0 Å². The molecule has 0 heterocycles. The molecule has 0 rings (SSSR count). The van der Waals surface area contributed by atoms with Crippen molar-refractivity contribution in [3.05, 3.63) is 0 Å². The highest BCUT2D eigenvalue weighted by Gasteiger charge is 1.98. The lowest BCUT2D eigenvalue weighted by atomic mass is 10.2. The molecule has 0 aliphatic heterocycles. The second-order valence-corrected chi connectivity index (χ2v) is 2.94. The van der Waals surface area contributed by atoms with Crippen molar-refractivity contribution in [2.45, 2.75) is 25.7 Å². The van der Waals surface area contributed by atoms with Crippen molar-refractivity contribution in [3.63, 3.8) is 0 Å². The van der Waals surface area contributed by atoms with Crippen LogP contribution in [0.25, 0.3) is 0 Å². The predicted molar refractivity (Wildman–Crippen MR) is 52.4 cm³/mol. The number of rotatable bonds is 8. The number of hydrogen-bond acceptors (Lipinski definition) is 3. The van der Waals surface area contributed by atoms with Crippen LogP contribution in [-0.4, -0.2) is 32.7 Å². The fourth-order valence-corrected chi connectivity index (χ4v) is 1.01. The van der Waals surface area contributed by atoms with Crippen LogP contribution in [0, 0.1) is 0 Å². The van der Waals surface area contributed by atoms with E-state index in [1.54, 1.807) is 7.11 Å². The molecule has 3 N–H and O–H groups in total. The van der Waals surface area contributed by atoms with Crippen LogP contribution in [-0.2, 0) is 9.53 Å². The third-order valence-electron chi connectivity index (χ3n) is 1.72. The minimum absolute atomic E-state index is 0.0999. The molecule has 0 aromatic rings. The fourth-order valence-electron chi connectivity index (χ4n) is 1.01. The maximum Gasteiger partial charge on any atom is 0.220 e. The minimum Gasteiger partial charge on any atom is -0.385 e. The summed E-state index contributed by atoms with van der Waals surface area (Å²) in [4.78, 5) is 11.0. The topological polar surface area (TPSA) is 64.3 Å². The van der Waals surface area contributed by atoms with Gasteiger partial charge in [-0.15, -0.1) is 0 Å². The monoisotopic (exact) mass is 188 g/mol. The van der Waals surface area contributed by atoms with Gasteiger partial charge in [0.25, 0.3) is 0 Å². The van der Waals surface area contributed by atoms with Gasteiger partial charge in [-0.25, -0.2) is 0 Å². The van der Waals surface area contributed by atoms with Crippen LogP contribution in [0.15, 0.2) is 0 Å². The molecule has 78 valence electrons. The third kappa shape index (κ3) is 9.30. The molecule has 0 spiro atoms. The Balaban J connectivity index is 3.08. The van der Waals surface area contributed by atoms with Gasteiger partial charge in [0.1, 0.15) is 0 Å². The van der Waals surface area contributed by atoms with Crippen LogP contribution in [0.3, 0.4) is 0 Å². The van der Waals surface area contributed by atoms with Gasteiger partial charge >= 0.3 is 0 Å². The van der Waals surface area contributed by atoms with Gasteiger partial charge in [-0.3, -0.25) is 4.79 Å². The Labute approximate surface area is 79.8 Å². The lowest BCUT2D eigenvalue weighted by Crippen LogP contribution is -2.28. The van der Waals surface area contributed by atoms with Gasteiger partial charge in [-0.2, -0.15) is 0 Å². The zero-order chi connectivity index (χ0) is 9.94. The van der Waals surface area contributed by atoms with Crippen LogP contribution in [0.4, 0.5) is 0 Å². The van der Waals surface area contributed by atoms with Gasteiger partial charge in [-0.05, 0) is 12.8 Å². The first-order chi connectivity index (χ1) is 6.31. The molecule has 0 aromatic heterocycles. The Kier molecular flexibility index (Phi) is 9.03. The average molecular weight is 188 g/mol. The van der Waals surface area contributed by atoms with Crippen LogP contribution in [0.2, 0.25) is 0 Å². The van der Waals surface area contributed by atoms with Crippen molar-refractivity contribution in [1.82, 2.24) is 5.32 Å². The molecule has 0 radical (unpaired) electrons. The molecule has 0 bridgehead atoms. The zero-order valence-corrected chi connectivity index (χ0v) is 8.34. The van der Waals surface area contributed by atoms with Gasteiger partial charge in [0.2, 0.25) is 5.91 Å². The third-order valence-corrected chi connectivity index (χ3v) is 1.72. The molecule has 0 fully saturated rings. The minimum atomic E-state index is 0.0999. The molecule has 0 saturated carbocycles. The second kappa shape index (κ2) is 9.48. The van der Waals surface area contributed by atoms with Crippen molar-refractivity contribution < 1.29 is 9.53 Å². The molecule has 0 aromatic carbocycles. The first kappa shape index (κ1) is 12.4. The van der Waals surface area contributed by atoms with Crippen molar-refractivity contribution in [2.75, 3.05) is 26.8 Å². The fraction of sp³-hybridized carbons (Fsp3) is 0.889. The number of amides is 1. The number of hydrogen-bond donors (Lipinski definition) is 2. The summed E-state index contributed by atoms with van der Waals surface area (Å²) in [6.07, 6.45) is 3.61. The maximum atomic E-state index is 11.0. The first-order valence-electron chi connectivity index (χ1n) is 4.77. The van der Waals surface area contributed by atoms with E-state index in [0.717, 1.165) is 25.9 Å². The highest BCUT2D eigenvalue weighted by molar-refractivity contribution is 5.75. The number of ether oxygens (including phenoxy) is 1. The van der Waals surface area contributed by atoms with E-state index in [0.29, 0.717) is 19.5 Å². The predicted octanol–water partition coefficient (Wildman–Crippen LogP) is 0.268. The molecule has 1 amide bonds. The summed E-state index contributed by atoms with van der Waals surface area (Å²) in [5.74, 6) is 0.0999. The summed E-state index contributed by atoms with van der Waals surface area (Å²) < 4.78 is 4.90. The molecule has 0 atom stereocenters. The van der Waals surface area contributed by atoms with E-state index in [9.17, 15) is 4.79 Å². The van der Waals surface area contributed by atoms with Gasteiger partial charge in [0, 0.05) is 33.2 Å². The van der Waals surface area contributed by atoms with Gasteiger partial charge in [0.05, 0.1) is 0 Å². The summed E-state index contributed by atoms with van der Waals surface area (Å²) in [6, 6.07) is 0. The van der Waals surface area contributed by atoms with Crippen LogP contribution in [0.1, 0.15) is 25.7 Å². The maximum absolute atomic E-state index is 11.0. The standard InChI is InChI=1S/C9H20N2O2/c1-13-8-4-2-3-5-9(12)11-7-6-10/h2-8,10H2,1H3,(H,11,12). The normalized spacial score (nSPS) is 10.0. The van der Waals surface area contributed by atoms with E-state index in [1.165, 1.54) is 0 Å². The zero-order valence-electron chi connectivity index (χ0n) is 8.34. The molecule has 4 nitrogen and oxygen atoms in total. The largest absolute Gasteiger partial charge is 0.385 e. The Morgan fingerprint density at radius 1 is 1.38 bits per heavy atom. The van der Waals surface area contributed by atoms with Crippen LogP contribution < -0.4 is 11.1 Å². The number of carbonyl (C=O) groups is 1. The Hall–Kier alpha value is -0.610. The summed E-state index contributed by atoms with van der Waals surface area (Å²) in [7, 11) is 1.69. The van der Waals surface area contributed by atoms with E-state index >= 15 is 0 Å². The molecule has 13 heavy (non-hydrogen) atoms. The Morgan fingerprint density at radius 3 is 2.77 bits per heavy atom. The number of carbonyl (C=O) groups excluding carboxylic acids is 1. The van der Waals surface area contributed by atoms with E-state index in [2.05, 4.69) is 5.32 Å². The highest BCUT2D eigenvalue weighted by atomic mass is 16.5. The Morgan fingerprint density at radius 2 is 2.15 bits per heavy atom. The van der Waals surface area contributed by atoms with Gasteiger partial charge in [0.15, 0.2) is 0 Å². The Bertz CT molecular complexity index is 129. The number of unbranched alkanes of at least 4 members (excludes halogenated alkanes) is 2. The van der Waals surface area contributed by atoms with E-state index in [-0.39, 0.29) is 5.91 Å². The number of nitrogens with two attached hydrogens (primary N) is 1. The molecule has 0 saturated heterocycles. The van der Waals surface area contributed by atoms with E-state index in [4.69, 9.17) is 10.5 Å². The quantitative estimate of drug-likeness (QED) is 0.537. The lowest BCUT2D eigenvalue weighted by Gasteiger charge is -2.02. The van der Waals surface area contributed by atoms with Crippen LogP contribution >= 0.6 is 0 Å². The van der Waals surface area contributed by atoms with Crippen LogP contribution in [0.5, 0.6) is 0 Å². The summed E-state index contributed by atoms with van der Waals surface area (Å²) in [5, 5.41) is 2.73. The van der Waals surface area contributed by atoms with Crippen molar-refractivity contribution in [2.24, 2.45) is 5.73 Å². The van der Waals surface area contributed by atoms with E-state index < -0.39 is 0 Å².